The van der Waals surface area contributed by atoms with Crippen LogP contribution in [-0.4, -0.2) is 30.7 Å². The molecule has 0 aromatic carbocycles. The van der Waals surface area contributed by atoms with E-state index in [1.165, 1.54) is 25.7 Å². The van der Waals surface area contributed by atoms with Crippen LogP contribution in [0.2, 0.25) is 0 Å². The van der Waals surface area contributed by atoms with Gasteiger partial charge in [-0.15, -0.1) is 0 Å². The highest BCUT2D eigenvalue weighted by Gasteiger charge is 2.04. The Morgan fingerprint density at radius 3 is 2.24 bits per heavy atom. The van der Waals surface area contributed by atoms with Crippen LogP contribution in [0.15, 0.2) is 0 Å². The van der Waals surface area contributed by atoms with Crippen molar-refractivity contribution in [2.75, 3.05) is 13.7 Å². The molecule has 0 fully saturated rings. The molecule has 0 aliphatic rings. The lowest BCUT2D eigenvalue weighted by atomic mass is 10.0. The van der Waals surface area contributed by atoms with Crippen molar-refractivity contribution < 1.29 is 14.6 Å². The molecule has 17 heavy (non-hydrogen) atoms. The number of ketones is 1. The van der Waals surface area contributed by atoms with Gasteiger partial charge in [0.05, 0.1) is 12.7 Å². The number of hydrogen-bond donors (Lipinski definition) is 1. The molecule has 0 rings (SSSR count). The molecule has 0 spiro atoms. The number of carbonyl (C=O) groups excluding carboxylic acids is 1. The lowest BCUT2D eigenvalue weighted by Gasteiger charge is -2.11. The second kappa shape index (κ2) is 12.1. The standard InChI is InChI=1S/C14H28O3/c1-3-13(16)10-8-6-4-5-7-9-11-14(12-15)17-2/h14-15H,3-12H2,1-2H3. The maximum absolute atomic E-state index is 11.1. The molecule has 1 unspecified atom stereocenters. The molecule has 1 N–H and O–H groups in total. The first-order chi connectivity index (χ1) is 8.24. The van der Waals surface area contributed by atoms with Crippen LogP contribution < -0.4 is 0 Å². The fraction of sp³-hybridized carbons (Fsp3) is 0.929. The summed E-state index contributed by atoms with van der Waals surface area (Å²) in [5.74, 6) is 0.385. The Morgan fingerprint density at radius 1 is 1.12 bits per heavy atom. The average Bonchev–Trinajstić information content (AvgIpc) is 2.36. The number of rotatable bonds is 12. The lowest BCUT2D eigenvalue weighted by molar-refractivity contribution is -0.118. The molecule has 0 aromatic heterocycles. The molecule has 0 saturated heterocycles. The highest BCUT2D eigenvalue weighted by Crippen LogP contribution is 2.11. The summed E-state index contributed by atoms with van der Waals surface area (Å²) in [5, 5.41) is 8.92. The fourth-order valence-electron chi connectivity index (χ4n) is 1.86. The molecular formula is C14H28O3. The summed E-state index contributed by atoms with van der Waals surface area (Å²) < 4.78 is 5.10. The van der Waals surface area contributed by atoms with Crippen molar-refractivity contribution in [3.63, 3.8) is 0 Å². The number of Topliss-reactive ketones (excluding diaryl/α,β-unsaturated/α-hetero) is 1. The van der Waals surface area contributed by atoms with E-state index in [0.717, 1.165) is 25.7 Å². The maximum Gasteiger partial charge on any atom is 0.132 e. The highest BCUT2D eigenvalue weighted by molar-refractivity contribution is 5.77. The topological polar surface area (TPSA) is 46.5 Å². The minimum Gasteiger partial charge on any atom is -0.394 e. The largest absolute Gasteiger partial charge is 0.394 e. The lowest BCUT2D eigenvalue weighted by Crippen LogP contribution is -2.14. The molecular weight excluding hydrogens is 216 g/mol. The van der Waals surface area contributed by atoms with E-state index in [4.69, 9.17) is 9.84 Å². The first kappa shape index (κ1) is 16.6. The van der Waals surface area contributed by atoms with Gasteiger partial charge in [-0.05, 0) is 12.8 Å². The van der Waals surface area contributed by atoms with Crippen LogP contribution >= 0.6 is 0 Å². The zero-order chi connectivity index (χ0) is 12.9. The van der Waals surface area contributed by atoms with Gasteiger partial charge in [0.2, 0.25) is 0 Å². The van der Waals surface area contributed by atoms with Crippen molar-refractivity contribution in [1.82, 2.24) is 0 Å². The molecule has 0 aromatic rings. The van der Waals surface area contributed by atoms with Crippen molar-refractivity contribution in [1.29, 1.82) is 0 Å². The van der Waals surface area contributed by atoms with Crippen LogP contribution in [0.3, 0.4) is 0 Å². The Bertz CT molecular complexity index is 176. The number of carbonyl (C=O) groups is 1. The smallest absolute Gasteiger partial charge is 0.132 e. The van der Waals surface area contributed by atoms with Gasteiger partial charge in [0.1, 0.15) is 5.78 Å². The predicted octanol–water partition coefficient (Wildman–Crippen LogP) is 3.09. The molecule has 0 amide bonds. The van der Waals surface area contributed by atoms with Crippen LogP contribution in [0, 0.1) is 0 Å². The second-order valence-corrected chi connectivity index (χ2v) is 4.59. The zero-order valence-electron chi connectivity index (χ0n) is 11.4. The summed E-state index contributed by atoms with van der Waals surface area (Å²) in [5.41, 5.74) is 0. The molecule has 0 bridgehead atoms. The van der Waals surface area contributed by atoms with E-state index >= 15 is 0 Å². The molecule has 0 heterocycles. The number of unbranched alkanes of at least 4 members (excludes halogenated alkanes) is 5. The Hall–Kier alpha value is -0.410. The van der Waals surface area contributed by atoms with Gasteiger partial charge in [0, 0.05) is 20.0 Å². The maximum atomic E-state index is 11.1. The average molecular weight is 244 g/mol. The summed E-state index contributed by atoms with van der Waals surface area (Å²) in [7, 11) is 1.64. The zero-order valence-corrected chi connectivity index (χ0v) is 11.4. The van der Waals surface area contributed by atoms with Crippen molar-refractivity contribution in [3.8, 4) is 0 Å². The number of aliphatic hydroxyl groups is 1. The number of methoxy groups -OCH3 is 1. The van der Waals surface area contributed by atoms with Gasteiger partial charge in [-0.3, -0.25) is 4.79 Å². The monoisotopic (exact) mass is 244 g/mol. The van der Waals surface area contributed by atoms with E-state index in [1.54, 1.807) is 7.11 Å². The Morgan fingerprint density at radius 2 is 1.71 bits per heavy atom. The fourth-order valence-corrected chi connectivity index (χ4v) is 1.86. The number of aliphatic hydroxyl groups excluding tert-OH is 1. The molecule has 0 radical (unpaired) electrons. The third-order valence-corrected chi connectivity index (χ3v) is 3.16. The van der Waals surface area contributed by atoms with Gasteiger partial charge in [-0.2, -0.15) is 0 Å². The minimum atomic E-state index is 0.0113. The summed E-state index contributed by atoms with van der Waals surface area (Å²) in [4.78, 5) is 11.1. The van der Waals surface area contributed by atoms with Crippen molar-refractivity contribution >= 4 is 5.78 Å². The van der Waals surface area contributed by atoms with Crippen molar-refractivity contribution in [2.24, 2.45) is 0 Å². The first-order valence-corrected chi connectivity index (χ1v) is 6.90. The van der Waals surface area contributed by atoms with Crippen LogP contribution in [0.4, 0.5) is 0 Å². The SMILES string of the molecule is CCC(=O)CCCCCCCCC(CO)OC. The van der Waals surface area contributed by atoms with Gasteiger partial charge in [-0.1, -0.05) is 39.0 Å². The molecule has 3 heteroatoms. The van der Waals surface area contributed by atoms with Gasteiger partial charge in [0.25, 0.3) is 0 Å². The minimum absolute atomic E-state index is 0.0113. The molecule has 102 valence electrons. The molecule has 3 nitrogen and oxygen atoms in total. The van der Waals surface area contributed by atoms with Gasteiger partial charge in [-0.25, -0.2) is 0 Å². The van der Waals surface area contributed by atoms with E-state index in [9.17, 15) is 4.79 Å². The first-order valence-electron chi connectivity index (χ1n) is 6.90. The quantitative estimate of drug-likeness (QED) is 0.537. The van der Waals surface area contributed by atoms with E-state index in [0.29, 0.717) is 12.2 Å². The van der Waals surface area contributed by atoms with Crippen LogP contribution in [0.1, 0.15) is 64.7 Å². The van der Waals surface area contributed by atoms with Gasteiger partial charge in [0.15, 0.2) is 0 Å². The Labute approximate surface area is 106 Å². The number of ether oxygens (including phenoxy) is 1. The summed E-state index contributed by atoms with van der Waals surface area (Å²) in [6, 6.07) is 0. The normalized spacial score (nSPS) is 12.6. The molecule has 0 aliphatic carbocycles. The predicted molar refractivity (Wildman–Crippen MR) is 70.1 cm³/mol. The number of hydrogen-bond acceptors (Lipinski definition) is 3. The van der Waals surface area contributed by atoms with Crippen LogP contribution in [0.25, 0.3) is 0 Å². The summed E-state index contributed by atoms with van der Waals surface area (Å²) in [6.45, 7) is 2.05. The third kappa shape index (κ3) is 10.5. The van der Waals surface area contributed by atoms with Crippen molar-refractivity contribution in [2.45, 2.75) is 70.8 Å². The highest BCUT2D eigenvalue weighted by atomic mass is 16.5. The molecule has 1 atom stereocenters. The van der Waals surface area contributed by atoms with Crippen LogP contribution in [-0.2, 0) is 9.53 Å². The molecule has 0 aliphatic heterocycles. The Balaban J connectivity index is 3.16. The molecule has 0 saturated carbocycles. The second-order valence-electron chi connectivity index (χ2n) is 4.59. The van der Waals surface area contributed by atoms with E-state index in [-0.39, 0.29) is 12.7 Å². The summed E-state index contributed by atoms with van der Waals surface area (Å²) in [6.07, 6.45) is 9.36. The van der Waals surface area contributed by atoms with Gasteiger partial charge >= 0.3 is 0 Å². The third-order valence-electron chi connectivity index (χ3n) is 3.16. The summed E-state index contributed by atoms with van der Waals surface area (Å²) >= 11 is 0. The van der Waals surface area contributed by atoms with Crippen molar-refractivity contribution in [3.05, 3.63) is 0 Å². The van der Waals surface area contributed by atoms with E-state index < -0.39 is 0 Å². The van der Waals surface area contributed by atoms with E-state index in [2.05, 4.69) is 0 Å². The van der Waals surface area contributed by atoms with Gasteiger partial charge < -0.3 is 9.84 Å². The Kier molecular flexibility index (Phi) is 11.8. The van der Waals surface area contributed by atoms with Crippen LogP contribution in [0.5, 0.6) is 0 Å². The van der Waals surface area contributed by atoms with E-state index in [1.807, 2.05) is 6.92 Å².